The summed E-state index contributed by atoms with van der Waals surface area (Å²) in [6.45, 7) is 3.66. The summed E-state index contributed by atoms with van der Waals surface area (Å²) in [6, 6.07) is 4.20. The average Bonchev–Trinajstić information content (AvgIpc) is 2.15. The van der Waals surface area contributed by atoms with Gasteiger partial charge < -0.3 is 4.90 Å². The van der Waals surface area contributed by atoms with E-state index in [9.17, 15) is 0 Å². The maximum absolute atomic E-state index is 3.66. The highest BCUT2D eigenvalue weighted by Crippen LogP contribution is 2.07. The molecule has 1 rings (SSSR count). The lowest BCUT2D eigenvalue weighted by atomic mass is 10.4. The summed E-state index contributed by atoms with van der Waals surface area (Å²) in [6.07, 6.45) is 4.15. The Kier molecular flexibility index (Phi) is 3.83. The van der Waals surface area contributed by atoms with Crippen molar-refractivity contribution in [2.75, 3.05) is 19.0 Å². The molecule has 3 heteroatoms. The lowest BCUT2D eigenvalue weighted by molar-refractivity contribution is -0.675. The second-order valence-electron chi connectivity index (χ2n) is 2.93. The molecule has 0 atom stereocenters. The first-order chi connectivity index (χ1) is 6.24. The standard InChI is InChI=1S/C10H15N2S/c1-4-13-9-12-7-5-10(6-8-12)11(2)3/h4-8H,1,9H2,2-3H3/q+1. The number of hydrogen-bond donors (Lipinski definition) is 0. The average molecular weight is 195 g/mol. The quantitative estimate of drug-likeness (QED) is 0.677. The molecule has 0 saturated carbocycles. The van der Waals surface area contributed by atoms with Gasteiger partial charge in [-0.1, -0.05) is 18.3 Å². The van der Waals surface area contributed by atoms with E-state index in [2.05, 4.69) is 40.6 Å². The maximum atomic E-state index is 3.66. The van der Waals surface area contributed by atoms with Crippen LogP contribution in [0.15, 0.2) is 36.5 Å². The van der Waals surface area contributed by atoms with Crippen molar-refractivity contribution in [1.29, 1.82) is 0 Å². The van der Waals surface area contributed by atoms with E-state index in [1.165, 1.54) is 5.69 Å². The molecule has 1 aromatic heterocycles. The van der Waals surface area contributed by atoms with E-state index in [0.717, 1.165) is 5.88 Å². The van der Waals surface area contributed by atoms with Crippen LogP contribution in [0.3, 0.4) is 0 Å². The molecule has 0 bridgehead atoms. The predicted molar refractivity (Wildman–Crippen MR) is 58.8 cm³/mol. The smallest absolute Gasteiger partial charge is 0.198 e. The second kappa shape index (κ2) is 4.92. The van der Waals surface area contributed by atoms with Crippen LogP contribution in [0.2, 0.25) is 0 Å². The number of thioether (sulfide) groups is 1. The molecule has 0 saturated heterocycles. The number of rotatable bonds is 4. The molecule has 0 amide bonds. The fourth-order valence-electron chi connectivity index (χ4n) is 0.972. The monoisotopic (exact) mass is 195 g/mol. The lowest BCUT2D eigenvalue weighted by Gasteiger charge is -2.10. The minimum absolute atomic E-state index is 0.928. The van der Waals surface area contributed by atoms with Crippen LogP contribution in [0, 0.1) is 0 Å². The molecule has 0 fully saturated rings. The Morgan fingerprint density at radius 1 is 1.46 bits per heavy atom. The Labute approximate surface area is 83.9 Å². The van der Waals surface area contributed by atoms with Crippen LogP contribution in [0.25, 0.3) is 0 Å². The molecule has 0 aliphatic rings. The predicted octanol–water partition coefficient (Wildman–Crippen LogP) is 1.87. The highest BCUT2D eigenvalue weighted by Gasteiger charge is 2.00. The van der Waals surface area contributed by atoms with Crippen molar-refractivity contribution in [2.24, 2.45) is 0 Å². The summed E-state index contributed by atoms with van der Waals surface area (Å²) in [5, 5.41) is 1.85. The first kappa shape index (κ1) is 10.1. The summed E-state index contributed by atoms with van der Waals surface area (Å²) < 4.78 is 2.12. The van der Waals surface area contributed by atoms with E-state index in [4.69, 9.17) is 0 Å². The molecule has 0 radical (unpaired) electrons. The van der Waals surface area contributed by atoms with Gasteiger partial charge in [0.05, 0.1) is 0 Å². The van der Waals surface area contributed by atoms with Crippen molar-refractivity contribution >= 4 is 17.4 Å². The first-order valence-corrected chi connectivity index (χ1v) is 5.18. The molecule has 1 heterocycles. The molecule has 0 spiro atoms. The van der Waals surface area contributed by atoms with Gasteiger partial charge in [-0.25, -0.2) is 0 Å². The molecule has 1 aromatic rings. The Bertz CT molecular complexity index is 267. The van der Waals surface area contributed by atoms with Crippen molar-refractivity contribution in [2.45, 2.75) is 5.88 Å². The number of aromatic nitrogens is 1. The van der Waals surface area contributed by atoms with Gasteiger partial charge >= 0.3 is 0 Å². The Balaban J connectivity index is 2.64. The maximum Gasteiger partial charge on any atom is 0.198 e. The van der Waals surface area contributed by atoms with Gasteiger partial charge in [0.2, 0.25) is 0 Å². The molecule has 0 aromatic carbocycles. The first-order valence-electron chi connectivity index (χ1n) is 4.13. The molecular weight excluding hydrogens is 180 g/mol. The number of anilines is 1. The second-order valence-corrected chi connectivity index (χ2v) is 3.85. The van der Waals surface area contributed by atoms with Gasteiger partial charge in [0.25, 0.3) is 0 Å². The summed E-state index contributed by atoms with van der Waals surface area (Å²) >= 11 is 1.69. The minimum atomic E-state index is 0.928. The topological polar surface area (TPSA) is 7.12 Å². The van der Waals surface area contributed by atoms with E-state index < -0.39 is 0 Å². The van der Waals surface area contributed by atoms with E-state index in [0.29, 0.717) is 0 Å². The molecule has 13 heavy (non-hydrogen) atoms. The third-order valence-corrected chi connectivity index (χ3v) is 2.41. The van der Waals surface area contributed by atoms with E-state index in [1.807, 2.05) is 19.5 Å². The third kappa shape index (κ3) is 3.11. The van der Waals surface area contributed by atoms with Gasteiger partial charge in [-0.2, -0.15) is 4.57 Å². The van der Waals surface area contributed by atoms with Crippen LogP contribution >= 0.6 is 11.8 Å². The molecule has 0 aliphatic carbocycles. The molecular formula is C10H15N2S+. The SMILES string of the molecule is C=CSC[n+]1ccc(N(C)C)cc1. The number of pyridine rings is 1. The summed E-state index contributed by atoms with van der Waals surface area (Å²) in [4.78, 5) is 2.09. The van der Waals surface area contributed by atoms with Gasteiger partial charge in [0.15, 0.2) is 18.3 Å². The normalized spacial score (nSPS) is 9.69. The fourth-order valence-corrected chi connectivity index (χ4v) is 1.42. The van der Waals surface area contributed by atoms with Gasteiger partial charge in [-0.3, -0.25) is 0 Å². The van der Waals surface area contributed by atoms with Gasteiger partial charge in [0, 0.05) is 31.9 Å². The van der Waals surface area contributed by atoms with Gasteiger partial charge in [-0.05, 0) is 5.41 Å². The van der Waals surface area contributed by atoms with Crippen LogP contribution in [0.1, 0.15) is 0 Å². The number of hydrogen-bond acceptors (Lipinski definition) is 2. The van der Waals surface area contributed by atoms with E-state index >= 15 is 0 Å². The molecule has 0 unspecified atom stereocenters. The Morgan fingerprint density at radius 3 is 2.54 bits per heavy atom. The van der Waals surface area contributed by atoms with Crippen LogP contribution in [0.5, 0.6) is 0 Å². The molecule has 70 valence electrons. The molecule has 0 aliphatic heterocycles. The molecule has 0 N–H and O–H groups in total. The lowest BCUT2D eigenvalue weighted by Crippen LogP contribution is -2.30. The highest BCUT2D eigenvalue weighted by atomic mass is 32.2. The third-order valence-electron chi connectivity index (χ3n) is 1.73. The Morgan fingerprint density at radius 2 is 2.08 bits per heavy atom. The highest BCUT2D eigenvalue weighted by molar-refractivity contribution is 8.01. The number of nitrogens with zero attached hydrogens (tertiary/aromatic N) is 2. The Hall–Kier alpha value is -0.960. The van der Waals surface area contributed by atoms with Gasteiger partial charge in [-0.15, -0.1) is 0 Å². The van der Waals surface area contributed by atoms with Crippen LogP contribution in [-0.2, 0) is 5.88 Å². The summed E-state index contributed by atoms with van der Waals surface area (Å²) in [7, 11) is 4.08. The summed E-state index contributed by atoms with van der Waals surface area (Å²) in [5.74, 6) is 0.928. The molecule has 2 nitrogen and oxygen atoms in total. The van der Waals surface area contributed by atoms with Crippen molar-refractivity contribution in [3.8, 4) is 0 Å². The zero-order chi connectivity index (χ0) is 9.68. The summed E-state index contributed by atoms with van der Waals surface area (Å²) in [5.41, 5.74) is 1.22. The van der Waals surface area contributed by atoms with Crippen LogP contribution in [0.4, 0.5) is 5.69 Å². The van der Waals surface area contributed by atoms with Crippen molar-refractivity contribution in [3.63, 3.8) is 0 Å². The van der Waals surface area contributed by atoms with E-state index in [-0.39, 0.29) is 0 Å². The fraction of sp³-hybridized carbons (Fsp3) is 0.300. The van der Waals surface area contributed by atoms with Crippen molar-refractivity contribution in [1.82, 2.24) is 0 Å². The van der Waals surface area contributed by atoms with Crippen molar-refractivity contribution < 1.29 is 4.57 Å². The zero-order valence-electron chi connectivity index (χ0n) is 8.10. The zero-order valence-corrected chi connectivity index (χ0v) is 8.92. The largest absolute Gasteiger partial charge is 0.377 e. The van der Waals surface area contributed by atoms with Crippen LogP contribution < -0.4 is 9.47 Å². The minimum Gasteiger partial charge on any atom is -0.377 e. The van der Waals surface area contributed by atoms with E-state index in [1.54, 1.807) is 11.8 Å². The van der Waals surface area contributed by atoms with Crippen molar-refractivity contribution in [3.05, 3.63) is 36.5 Å². The van der Waals surface area contributed by atoms with Crippen LogP contribution in [-0.4, -0.2) is 14.1 Å². The van der Waals surface area contributed by atoms with Gasteiger partial charge in [0.1, 0.15) is 0 Å².